The van der Waals surface area contributed by atoms with Crippen LogP contribution in [-0.4, -0.2) is 55.1 Å². The number of thioether (sulfide) groups is 1. The standard InChI is InChI=1S/C17H22N2O6S/c1-3-24-17(23)19-14(20)11-25-16(22)13(9-10-26-2)18-15(21)12-7-5-4-6-8-12/h4-8,13H,3,9-11H2,1-2H3,(H,18,21)(H,19,20,23)/t13-/m1/s1. The third kappa shape index (κ3) is 8.02. The van der Waals surface area contributed by atoms with E-state index in [0.29, 0.717) is 17.7 Å². The number of benzene rings is 1. The lowest BCUT2D eigenvalue weighted by Crippen LogP contribution is -2.43. The lowest BCUT2D eigenvalue weighted by molar-refractivity contribution is -0.150. The van der Waals surface area contributed by atoms with Crippen LogP contribution in [0.2, 0.25) is 0 Å². The Hall–Kier alpha value is -2.55. The lowest BCUT2D eigenvalue weighted by atomic mass is 10.1. The highest BCUT2D eigenvalue weighted by Crippen LogP contribution is 2.05. The van der Waals surface area contributed by atoms with Crippen molar-refractivity contribution in [2.75, 3.05) is 25.2 Å². The zero-order valence-corrected chi connectivity index (χ0v) is 15.5. The predicted molar refractivity (Wildman–Crippen MR) is 96.8 cm³/mol. The summed E-state index contributed by atoms with van der Waals surface area (Å²) < 4.78 is 9.45. The topological polar surface area (TPSA) is 111 Å². The van der Waals surface area contributed by atoms with Gasteiger partial charge in [-0.05, 0) is 37.5 Å². The smallest absolute Gasteiger partial charge is 0.413 e. The molecule has 1 atom stereocenters. The van der Waals surface area contributed by atoms with Crippen molar-refractivity contribution in [2.45, 2.75) is 19.4 Å². The number of nitrogens with one attached hydrogen (secondary N) is 2. The number of carbonyl (C=O) groups excluding carboxylic acids is 4. The molecule has 0 aliphatic rings. The fraction of sp³-hybridized carbons (Fsp3) is 0.412. The third-order valence-corrected chi connectivity index (χ3v) is 3.74. The minimum absolute atomic E-state index is 0.112. The monoisotopic (exact) mass is 382 g/mol. The second-order valence-corrected chi connectivity index (χ2v) is 6.04. The van der Waals surface area contributed by atoms with Gasteiger partial charge in [0.2, 0.25) is 0 Å². The zero-order chi connectivity index (χ0) is 19.4. The van der Waals surface area contributed by atoms with Gasteiger partial charge in [0, 0.05) is 5.56 Å². The van der Waals surface area contributed by atoms with E-state index in [0.717, 1.165) is 0 Å². The maximum absolute atomic E-state index is 12.2. The van der Waals surface area contributed by atoms with Crippen LogP contribution in [0.5, 0.6) is 0 Å². The zero-order valence-electron chi connectivity index (χ0n) is 14.7. The van der Waals surface area contributed by atoms with Gasteiger partial charge in [0.15, 0.2) is 6.61 Å². The number of hydrogen-bond acceptors (Lipinski definition) is 7. The minimum atomic E-state index is -0.912. The summed E-state index contributed by atoms with van der Waals surface area (Å²) in [6.45, 7) is 1.06. The Kier molecular flexibility index (Phi) is 9.85. The average molecular weight is 382 g/mol. The van der Waals surface area contributed by atoms with Gasteiger partial charge in [-0.15, -0.1) is 0 Å². The molecule has 142 valence electrons. The summed E-state index contributed by atoms with van der Waals surface area (Å²) in [6, 6.07) is 7.55. The van der Waals surface area contributed by atoms with Gasteiger partial charge in [0.1, 0.15) is 6.04 Å². The van der Waals surface area contributed by atoms with Gasteiger partial charge in [-0.25, -0.2) is 9.59 Å². The van der Waals surface area contributed by atoms with E-state index >= 15 is 0 Å². The van der Waals surface area contributed by atoms with Crippen molar-refractivity contribution in [3.63, 3.8) is 0 Å². The van der Waals surface area contributed by atoms with Crippen molar-refractivity contribution in [3.05, 3.63) is 35.9 Å². The molecule has 0 saturated heterocycles. The number of esters is 1. The molecule has 1 aromatic rings. The molecule has 0 saturated carbocycles. The van der Waals surface area contributed by atoms with E-state index in [1.54, 1.807) is 37.3 Å². The Morgan fingerprint density at radius 1 is 1.12 bits per heavy atom. The van der Waals surface area contributed by atoms with Gasteiger partial charge in [-0.3, -0.25) is 14.9 Å². The Labute approximate surface area is 156 Å². The first-order chi connectivity index (χ1) is 12.5. The molecule has 0 radical (unpaired) electrons. The fourth-order valence-electron chi connectivity index (χ4n) is 1.87. The Morgan fingerprint density at radius 2 is 1.81 bits per heavy atom. The molecular weight excluding hydrogens is 360 g/mol. The molecule has 9 heteroatoms. The van der Waals surface area contributed by atoms with Gasteiger partial charge in [0.25, 0.3) is 11.8 Å². The number of hydrogen-bond donors (Lipinski definition) is 2. The van der Waals surface area contributed by atoms with Crippen molar-refractivity contribution in [1.29, 1.82) is 0 Å². The summed E-state index contributed by atoms with van der Waals surface area (Å²) in [5.74, 6) is -1.36. The van der Waals surface area contributed by atoms with Crippen LogP contribution >= 0.6 is 11.8 Å². The fourth-order valence-corrected chi connectivity index (χ4v) is 2.34. The van der Waals surface area contributed by atoms with E-state index in [9.17, 15) is 19.2 Å². The van der Waals surface area contributed by atoms with Crippen molar-refractivity contribution < 1.29 is 28.7 Å². The number of amides is 3. The summed E-state index contributed by atoms with van der Waals surface area (Å²) in [5.41, 5.74) is 0.412. The Bertz CT molecular complexity index is 623. The Balaban J connectivity index is 2.58. The lowest BCUT2D eigenvalue weighted by Gasteiger charge is -2.17. The number of ether oxygens (including phenoxy) is 2. The van der Waals surface area contributed by atoms with Crippen LogP contribution in [-0.2, 0) is 19.1 Å². The highest BCUT2D eigenvalue weighted by molar-refractivity contribution is 7.98. The number of rotatable bonds is 9. The number of alkyl carbamates (subject to hydrolysis) is 1. The molecule has 0 heterocycles. The van der Waals surface area contributed by atoms with E-state index in [1.165, 1.54) is 11.8 Å². The van der Waals surface area contributed by atoms with Gasteiger partial charge < -0.3 is 14.8 Å². The van der Waals surface area contributed by atoms with E-state index in [-0.39, 0.29) is 6.61 Å². The molecule has 0 spiro atoms. The van der Waals surface area contributed by atoms with Gasteiger partial charge in [-0.1, -0.05) is 18.2 Å². The first-order valence-electron chi connectivity index (χ1n) is 7.96. The summed E-state index contributed by atoms with van der Waals surface area (Å²) in [6.07, 6.45) is 1.30. The van der Waals surface area contributed by atoms with Crippen molar-refractivity contribution >= 4 is 35.6 Å². The highest BCUT2D eigenvalue weighted by atomic mass is 32.2. The normalized spacial score (nSPS) is 11.2. The molecule has 2 N–H and O–H groups in total. The average Bonchev–Trinajstić information content (AvgIpc) is 2.63. The van der Waals surface area contributed by atoms with Crippen LogP contribution in [0, 0.1) is 0 Å². The number of imide groups is 1. The maximum Gasteiger partial charge on any atom is 0.413 e. The van der Waals surface area contributed by atoms with E-state index in [1.807, 2.05) is 11.6 Å². The van der Waals surface area contributed by atoms with Gasteiger partial charge in [0.05, 0.1) is 6.61 Å². The van der Waals surface area contributed by atoms with Crippen molar-refractivity contribution in [2.24, 2.45) is 0 Å². The molecular formula is C17H22N2O6S. The van der Waals surface area contributed by atoms with Crippen LogP contribution in [0.1, 0.15) is 23.7 Å². The second kappa shape index (κ2) is 11.9. The molecule has 1 aromatic carbocycles. The van der Waals surface area contributed by atoms with E-state index < -0.39 is 36.5 Å². The molecule has 8 nitrogen and oxygen atoms in total. The Morgan fingerprint density at radius 3 is 2.42 bits per heavy atom. The first-order valence-corrected chi connectivity index (χ1v) is 9.35. The molecule has 0 aromatic heterocycles. The van der Waals surface area contributed by atoms with E-state index in [2.05, 4.69) is 10.1 Å². The predicted octanol–water partition coefficient (Wildman–Crippen LogP) is 1.35. The summed E-state index contributed by atoms with van der Waals surface area (Å²) in [7, 11) is 0. The molecule has 0 aliphatic heterocycles. The van der Waals surface area contributed by atoms with Crippen LogP contribution in [0.25, 0.3) is 0 Å². The van der Waals surface area contributed by atoms with E-state index in [4.69, 9.17) is 4.74 Å². The van der Waals surface area contributed by atoms with Crippen LogP contribution in [0.4, 0.5) is 4.79 Å². The van der Waals surface area contributed by atoms with Crippen LogP contribution in [0.3, 0.4) is 0 Å². The van der Waals surface area contributed by atoms with Crippen LogP contribution < -0.4 is 10.6 Å². The molecule has 0 unspecified atom stereocenters. The SMILES string of the molecule is CCOC(=O)NC(=O)COC(=O)[C@@H](CCSC)NC(=O)c1ccccc1. The molecule has 0 bridgehead atoms. The molecule has 1 rings (SSSR count). The summed E-state index contributed by atoms with van der Waals surface area (Å²) in [5, 5.41) is 4.52. The second-order valence-electron chi connectivity index (χ2n) is 5.05. The maximum atomic E-state index is 12.2. The first kappa shape index (κ1) is 21.5. The summed E-state index contributed by atoms with van der Waals surface area (Å²) in [4.78, 5) is 47.1. The van der Waals surface area contributed by atoms with Crippen LogP contribution in [0.15, 0.2) is 30.3 Å². The third-order valence-electron chi connectivity index (χ3n) is 3.10. The molecule has 0 aliphatic carbocycles. The van der Waals surface area contributed by atoms with Gasteiger partial charge in [-0.2, -0.15) is 11.8 Å². The molecule has 3 amide bonds. The van der Waals surface area contributed by atoms with Gasteiger partial charge >= 0.3 is 12.1 Å². The molecule has 26 heavy (non-hydrogen) atoms. The largest absolute Gasteiger partial charge is 0.454 e. The molecule has 0 fully saturated rings. The number of carbonyl (C=O) groups is 4. The van der Waals surface area contributed by atoms with Crippen molar-refractivity contribution in [1.82, 2.24) is 10.6 Å². The quantitative estimate of drug-likeness (QED) is 0.620. The van der Waals surface area contributed by atoms with Crippen molar-refractivity contribution in [3.8, 4) is 0 Å². The highest BCUT2D eigenvalue weighted by Gasteiger charge is 2.23. The minimum Gasteiger partial charge on any atom is -0.454 e. The summed E-state index contributed by atoms with van der Waals surface area (Å²) >= 11 is 1.51.